The molecule has 56 valence electrons. The maximum absolute atomic E-state index is 2.36. The Morgan fingerprint density at radius 2 is 1.30 bits per heavy atom. The van der Waals surface area contributed by atoms with Crippen molar-refractivity contribution in [3.63, 3.8) is 0 Å². The van der Waals surface area contributed by atoms with Gasteiger partial charge < -0.3 is 0 Å². The van der Waals surface area contributed by atoms with Gasteiger partial charge in [-0.25, -0.2) is 0 Å². The molecule has 2 nitrogen and oxygen atoms in total. The molecule has 1 fully saturated rings. The third-order valence-corrected chi connectivity index (χ3v) is 4.76. The first-order valence-electron chi connectivity index (χ1n) is 3.09. The second kappa shape index (κ2) is 3.62. The van der Waals surface area contributed by atoms with Crippen molar-refractivity contribution in [2.24, 2.45) is 0 Å². The van der Waals surface area contributed by atoms with Crippen molar-refractivity contribution in [1.82, 2.24) is 9.80 Å². The number of nitrogens with zero attached hydrogens (tertiary/aromatic N) is 2. The first kappa shape index (κ1) is 9.13. The van der Waals surface area contributed by atoms with Gasteiger partial charge in [0.25, 0.3) is 0 Å². The molecule has 1 rings (SSSR count). The van der Waals surface area contributed by atoms with Crippen LogP contribution in [0.5, 0.6) is 0 Å². The summed E-state index contributed by atoms with van der Waals surface area (Å²) in [5.74, 6) is 0. The van der Waals surface area contributed by atoms with Crippen LogP contribution in [-0.4, -0.2) is 45.0 Å². The molecule has 10 heavy (non-hydrogen) atoms. The van der Waals surface area contributed by atoms with E-state index in [1.54, 1.807) is 46.8 Å². The molecule has 0 amide bonds. The SMILES string of the molecule is CN1C[C](=[W])N(C)C[C]1=[W]. The Morgan fingerprint density at radius 3 is 1.60 bits per heavy atom. The van der Waals surface area contributed by atoms with Gasteiger partial charge in [0, 0.05) is 0 Å². The van der Waals surface area contributed by atoms with E-state index in [0.29, 0.717) is 0 Å². The van der Waals surface area contributed by atoms with Crippen LogP contribution in [0.4, 0.5) is 0 Å². The van der Waals surface area contributed by atoms with Crippen LogP contribution in [0.3, 0.4) is 0 Å². The molecule has 0 unspecified atom stereocenters. The Morgan fingerprint density at radius 1 is 1.00 bits per heavy atom. The Balaban J connectivity index is 2.63. The molecule has 1 heterocycles. The zero-order valence-corrected chi connectivity index (χ0v) is 12.0. The van der Waals surface area contributed by atoms with Crippen LogP contribution in [0.15, 0.2) is 0 Å². The Hall–Kier alpha value is 1.04. The van der Waals surface area contributed by atoms with Crippen molar-refractivity contribution < 1.29 is 38.7 Å². The summed E-state index contributed by atoms with van der Waals surface area (Å²) in [4.78, 5) is 4.72. The molecule has 1 aliphatic rings. The van der Waals surface area contributed by atoms with Gasteiger partial charge >= 0.3 is 83.7 Å². The summed E-state index contributed by atoms with van der Waals surface area (Å²) in [5, 5.41) is 0. The van der Waals surface area contributed by atoms with E-state index in [4.69, 9.17) is 0 Å². The van der Waals surface area contributed by atoms with E-state index < -0.39 is 0 Å². The number of rotatable bonds is 0. The van der Waals surface area contributed by atoms with Gasteiger partial charge in [-0.3, -0.25) is 0 Å². The Bertz CT molecular complexity index is 159. The van der Waals surface area contributed by atoms with Crippen molar-refractivity contribution in [1.29, 1.82) is 0 Å². The van der Waals surface area contributed by atoms with Gasteiger partial charge in [-0.2, -0.15) is 0 Å². The van der Waals surface area contributed by atoms with Crippen molar-refractivity contribution in [3.05, 3.63) is 0 Å². The summed E-state index contributed by atoms with van der Waals surface area (Å²) in [6, 6.07) is 0. The molecule has 0 radical (unpaired) electrons. The summed E-state index contributed by atoms with van der Waals surface area (Å²) >= 11 is 3.21. The average Bonchev–Trinajstić information content (AvgIpc) is 1.84. The first-order valence-corrected chi connectivity index (χ1v) is 6.02. The molecule has 4 heteroatoms. The predicted octanol–water partition coefficient (Wildman–Crippen LogP) is -0.783. The van der Waals surface area contributed by atoms with Crippen LogP contribution in [-0.2, 0) is 38.7 Å². The molecule has 0 aromatic rings. The summed E-state index contributed by atoms with van der Waals surface area (Å²) in [6.45, 7) is 2.29. The number of piperazine rings is 1. The van der Waals surface area contributed by atoms with Crippen molar-refractivity contribution in [3.8, 4) is 0 Å². The van der Waals surface area contributed by atoms with Crippen LogP contribution in [0.1, 0.15) is 0 Å². The van der Waals surface area contributed by atoms with Crippen LogP contribution in [0.25, 0.3) is 0 Å². The number of hydrogen-bond donors (Lipinski definition) is 0. The fourth-order valence-corrected chi connectivity index (χ4v) is 2.68. The molecule has 1 saturated heterocycles. The van der Waals surface area contributed by atoms with Crippen molar-refractivity contribution in [2.45, 2.75) is 0 Å². The van der Waals surface area contributed by atoms with Gasteiger partial charge in [0.15, 0.2) is 0 Å². The summed E-state index contributed by atoms with van der Waals surface area (Å²) in [7, 11) is 4.36. The summed E-state index contributed by atoms with van der Waals surface area (Å²) in [5.41, 5.74) is 0. The van der Waals surface area contributed by atoms with Crippen LogP contribution >= 0.6 is 0 Å². The minimum atomic E-state index is 1.14. The molecular formula is C6H10N2W2. The zero-order chi connectivity index (χ0) is 7.72. The fourth-order valence-electron chi connectivity index (χ4n) is 0.824. The predicted molar refractivity (Wildman–Crippen MR) is 35.3 cm³/mol. The van der Waals surface area contributed by atoms with Crippen molar-refractivity contribution in [2.75, 3.05) is 27.2 Å². The van der Waals surface area contributed by atoms with Gasteiger partial charge in [0.05, 0.1) is 0 Å². The average molecular weight is 478 g/mol. The van der Waals surface area contributed by atoms with E-state index in [-0.39, 0.29) is 0 Å². The number of likely N-dealkylation sites (N-methyl/N-ethyl adjacent to an activating group) is 2. The normalized spacial score (nSPS) is 23.8. The molecule has 0 atom stereocenters. The van der Waals surface area contributed by atoms with Gasteiger partial charge in [-0.15, -0.1) is 0 Å². The molecular weight excluding hydrogens is 468 g/mol. The van der Waals surface area contributed by atoms with E-state index in [1.165, 1.54) is 0 Å². The third-order valence-electron chi connectivity index (χ3n) is 1.60. The van der Waals surface area contributed by atoms with Gasteiger partial charge in [-0.05, 0) is 0 Å². The van der Waals surface area contributed by atoms with Gasteiger partial charge in [0.2, 0.25) is 0 Å². The topological polar surface area (TPSA) is 6.48 Å². The third kappa shape index (κ3) is 2.01. The van der Waals surface area contributed by atoms with E-state index in [1.807, 2.05) is 0 Å². The molecule has 0 saturated carbocycles. The van der Waals surface area contributed by atoms with E-state index in [2.05, 4.69) is 23.9 Å². The Kier molecular flexibility index (Phi) is 3.31. The van der Waals surface area contributed by atoms with Gasteiger partial charge in [0.1, 0.15) is 0 Å². The van der Waals surface area contributed by atoms with E-state index in [0.717, 1.165) is 13.1 Å². The molecule has 0 spiro atoms. The van der Waals surface area contributed by atoms with Crippen LogP contribution < -0.4 is 0 Å². The number of hydrogen-bond acceptors (Lipinski definition) is 2. The monoisotopic (exact) mass is 478 g/mol. The quantitative estimate of drug-likeness (QED) is 0.452. The standard InChI is InChI=1S/C6H10N2.2W/c1-7-3-5-8(2)6-4-7;;/h3,6H2,1-2H3;;. The summed E-state index contributed by atoms with van der Waals surface area (Å²) in [6.07, 6.45) is 0. The zero-order valence-electron chi connectivity index (χ0n) is 6.13. The second-order valence-electron chi connectivity index (χ2n) is 2.50. The molecule has 0 bridgehead atoms. The Labute approximate surface area is 83.4 Å². The molecule has 1 aliphatic heterocycles. The summed E-state index contributed by atoms with van der Waals surface area (Å²) < 4.78 is 3.10. The van der Waals surface area contributed by atoms with E-state index >= 15 is 0 Å². The van der Waals surface area contributed by atoms with E-state index in [9.17, 15) is 0 Å². The molecule has 0 N–H and O–H groups in total. The van der Waals surface area contributed by atoms with Crippen LogP contribution in [0, 0.1) is 0 Å². The fraction of sp³-hybridized carbons (Fsp3) is 0.667. The van der Waals surface area contributed by atoms with Crippen LogP contribution in [0.2, 0.25) is 0 Å². The second-order valence-corrected chi connectivity index (χ2v) is 5.89. The molecule has 0 aromatic carbocycles. The maximum atomic E-state index is 2.36. The van der Waals surface area contributed by atoms with Gasteiger partial charge in [-0.1, -0.05) is 0 Å². The first-order chi connectivity index (χ1) is 4.61. The van der Waals surface area contributed by atoms with Crippen molar-refractivity contribution >= 4 is 8.04 Å². The molecule has 0 aliphatic carbocycles. The minimum absolute atomic E-state index is 1.14. The molecule has 0 aromatic heterocycles.